The molecule has 1 aliphatic rings. The Morgan fingerprint density at radius 2 is 1.87 bits per heavy atom. The Kier molecular flexibility index (Phi) is 2.35. The zero-order valence-corrected chi connectivity index (χ0v) is 9.44. The van der Waals surface area contributed by atoms with Crippen molar-refractivity contribution in [3.63, 3.8) is 0 Å². The molecule has 0 N–H and O–H groups in total. The van der Waals surface area contributed by atoms with Gasteiger partial charge in [0.05, 0.1) is 10.9 Å². The first-order valence-corrected chi connectivity index (χ1v) is 5.19. The molecular formula is C13H16N2. The minimum atomic E-state index is 0.0157. The molecule has 2 nitrogen and oxygen atoms in total. The third kappa shape index (κ3) is 2.09. The van der Waals surface area contributed by atoms with Gasteiger partial charge in [0.25, 0.3) is 0 Å². The lowest BCUT2D eigenvalue weighted by atomic mass is 10.1. The molecule has 0 saturated heterocycles. The van der Waals surface area contributed by atoms with Gasteiger partial charge in [0.1, 0.15) is 0 Å². The summed E-state index contributed by atoms with van der Waals surface area (Å²) in [5.74, 6) is 0. The van der Waals surface area contributed by atoms with E-state index >= 15 is 0 Å². The van der Waals surface area contributed by atoms with E-state index < -0.39 is 0 Å². The summed E-state index contributed by atoms with van der Waals surface area (Å²) in [5, 5.41) is 8.81. The Labute approximate surface area is 90.2 Å². The molecule has 0 fully saturated rings. The number of fused-ring (bicyclic) bond motifs is 1. The zero-order valence-electron chi connectivity index (χ0n) is 9.44. The molecule has 15 heavy (non-hydrogen) atoms. The minimum absolute atomic E-state index is 0.0157. The lowest BCUT2D eigenvalue weighted by molar-refractivity contribution is 0.207. The summed E-state index contributed by atoms with van der Waals surface area (Å²) in [6, 6.07) is 8.17. The van der Waals surface area contributed by atoms with Crippen LogP contribution in [0.3, 0.4) is 0 Å². The molecule has 0 aliphatic carbocycles. The van der Waals surface area contributed by atoms with Crippen LogP contribution >= 0.6 is 0 Å². The van der Waals surface area contributed by atoms with Crippen molar-refractivity contribution in [3.05, 3.63) is 47.1 Å². The number of nitrogens with zero attached hydrogens (tertiary/aromatic N) is 2. The van der Waals surface area contributed by atoms with Gasteiger partial charge >= 0.3 is 0 Å². The molecule has 0 aromatic heterocycles. The third-order valence-electron chi connectivity index (χ3n) is 2.34. The highest BCUT2D eigenvalue weighted by Gasteiger charge is 2.17. The summed E-state index contributed by atoms with van der Waals surface area (Å²) in [7, 11) is 0. The molecule has 0 amide bonds. The largest absolute Gasteiger partial charge is 0.267 e. The number of hydrogen-bond donors (Lipinski definition) is 0. The minimum Gasteiger partial charge on any atom is -0.267 e. The molecule has 1 heterocycles. The van der Waals surface area contributed by atoms with Crippen molar-refractivity contribution in [2.75, 3.05) is 0 Å². The average molecular weight is 200 g/mol. The van der Waals surface area contributed by atoms with Gasteiger partial charge in [0.2, 0.25) is 0 Å². The number of rotatable bonds is 0. The highest BCUT2D eigenvalue weighted by molar-refractivity contribution is 5.36. The van der Waals surface area contributed by atoms with Crippen molar-refractivity contribution >= 4 is 6.08 Å². The number of allylic oxidation sites excluding steroid dienone is 1. The van der Waals surface area contributed by atoms with E-state index in [0.29, 0.717) is 0 Å². The smallest absolute Gasteiger partial charge is 0.0908 e. The van der Waals surface area contributed by atoms with Gasteiger partial charge in [-0.1, -0.05) is 24.3 Å². The molecule has 0 atom stereocenters. The van der Waals surface area contributed by atoms with E-state index in [9.17, 15) is 0 Å². The SMILES string of the molecule is CC(C)(C)N1C=CC=c2ccccc2=N1. The molecule has 0 saturated carbocycles. The second kappa shape index (κ2) is 3.54. The highest BCUT2D eigenvalue weighted by Crippen LogP contribution is 2.13. The standard InChI is InChI=1S/C13H16N2/c1-13(2,3)15-10-6-8-11-7-4-5-9-12(11)14-15/h4-10H,1-3H3. The van der Waals surface area contributed by atoms with Gasteiger partial charge in [0.15, 0.2) is 0 Å². The van der Waals surface area contributed by atoms with E-state index in [1.165, 1.54) is 5.22 Å². The van der Waals surface area contributed by atoms with Gasteiger partial charge in [-0.05, 0) is 32.9 Å². The van der Waals surface area contributed by atoms with Gasteiger partial charge in [-0.25, -0.2) is 0 Å². The van der Waals surface area contributed by atoms with E-state index in [1.807, 2.05) is 35.5 Å². The van der Waals surface area contributed by atoms with Crippen LogP contribution < -0.4 is 10.6 Å². The lowest BCUT2D eigenvalue weighted by Crippen LogP contribution is -2.36. The summed E-state index contributed by atoms with van der Waals surface area (Å²) in [5.41, 5.74) is 0.0157. The first-order valence-electron chi connectivity index (χ1n) is 5.19. The fraction of sp³-hybridized carbons (Fsp3) is 0.308. The molecule has 2 heteroatoms. The maximum absolute atomic E-state index is 4.63. The molecule has 0 radical (unpaired) electrons. The zero-order chi connectivity index (χ0) is 10.9. The molecular weight excluding hydrogens is 184 g/mol. The summed E-state index contributed by atoms with van der Waals surface area (Å²) < 4.78 is 0. The van der Waals surface area contributed by atoms with Crippen molar-refractivity contribution < 1.29 is 0 Å². The van der Waals surface area contributed by atoms with Crippen LogP contribution in [-0.4, -0.2) is 10.5 Å². The Bertz CT molecular complexity index is 492. The van der Waals surface area contributed by atoms with Crippen LogP contribution in [0.1, 0.15) is 20.8 Å². The second-order valence-electron chi connectivity index (χ2n) is 4.68. The lowest BCUT2D eigenvalue weighted by Gasteiger charge is -2.29. The van der Waals surface area contributed by atoms with E-state index in [1.54, 1.807) is 0 Å². The monoisotopic (exact) mass is 200 g/mol. The highest BCUT2D eigenvalue weighted by atomic mass is 15.5. The van der Waals surface area contributed by atoms with Crippen LogP contribution in [0.25, 0.3) is 6.08 Å². The fourth-order valence-corrected chi connectivity index (χ4v) is 1.47. The predicted octanol–water partition coefficient (Wildman–Crippen LogP) is 1.63. The normalized spacial score (nSPS) is 15.0. The quantitative estimate of drug-likeness (QED) is 0.621. The summed E-state index contributed by atoms with van der Waals surface area (Å²) >= 11 is 0. The Balaban J connectivity index is 2.58. The van der Waals surface area contributed by atoms with Crippen LogP contribution in [0.4, 0.5) is 0 Å². The van der Waals surface area contributed by atoms with E-state index in [-0.39, 0.29) is 5.54 Å². The Morgan fingerprint density at radius 1 is 1.13 bits per heavy atom. The van der Waals surface area contributed by atoms with Crippen LogP contribution in [0, 0.1) is 0 Å². The second-order valence-corrected chi connectivity index (χ2v) is 4.68. The molecule has 1 aliphatic heterocycles. The van der Waals surface area contributed by atoms with Crippen molar-refractivity contribution in [1.29, 1.82) is 0 Å². The summed E-state index contributed by atoms with van der Waals surface area (Å²) in [6.07, 6.45) is 6.14. The number of benzene rings is 1. The molecule has 78 valence electrons. The van der Waals surface area contributed by atoms with Crippen molar-refractivity contribution in [1.82, 2.24) is 5.01 Å². The Morgan fingerprint density at radius 3 is 2.60 bits per heavy atom. The molecule has 2 rings (SSSR count). The van der Waals surface area contributed by atoms with E-state index in [0.717, 1.165) is 5.36 Å². The van der Waals surface area contributed by atoms with Gasteiger partial charge in [0, 0.05) is 11.4 Å². The first-order chi connectivity index (χ1) is 7.07. The van der Waals surface area contributed by atoms with Crippen LogP contribution in [0.15, 0.2) is 41.6 Å². The summed E-state index contributed by atoms with van der Waals surface area (Å²) in [6.45, 7) is 6.44. The molecule has 1 aromatic carbocycles. The average Bonchev–Trinajstić information content (AvgIpc) is 2.38. The fourth-order valence-electron chi connectivity index (χ4n) is 1.47. The van der Waals surface area contributed by atoms with Crippen LogP contribution in [-0.2, 0) is 0 Å². The van der Waals surface area contributed by atoms with Gasteiger partial charge in [-0.2, -0.15) is 5.10 Å². The summed E-state index contributed by atoms with van der Waals surface area (Å²) in [4.78, 5) is 0. The van der Waals surface area contributed by atoms with E-state index in [2.05, 4.69) is 38.0 Å². The molecule has 1 aromatic rings. The van der Waals surface area contributed by atoms with Gasteiger partial charge in [-0.3, -0.25) is 5.01 Å². The van der Waals surface area contributed by atoms with Gasteiger partial charge < -0.3 is 0 Å². The van der Waals surface area contributed by atoms with Crippen LogP contribution in [0.2, 0.25) is 0 Å². The van der Waals surface area contributed by atoms with Crippen LogP contribution in [0.5, 0.6) is 0 Å². The first kappa shape index (κ1) is 9.97. The molecule has 0 unspecified atom stereocenters. The topological polar surface area (TPSA) is 15.6 Å². The van der Waals surface area contributed by atoms with Crippen molar-refractivity contribution in [3.8, 4) is 0 Å². The third-order valence-corrected chi connectivity index (χ3v) is 2.34. The van der Waals surface area contributed by atoms with E-state index in [4.69, 9.17) is 0 Å². The molecule has 0 spiro atoms. The predicted molar refractivity (Wildman–Crippen MR) is 62.4 cm³/mol. The van der Waals surface area contributed by atoms with Gasteiger partial charge in [-0.15, -0.1) is 0 Å². The maximum atomic E-state index is 4.63. The van der Waals surface area contributed by atoms with Crippen molar-refractivity contribution in [2.45, 2.75) is 26.3 Å². The maximum Gasteiger partial charge on any atom is 0.0908 e. The number of hydrogen-bond acceptors (Lipinski definition) is 2. The Hall–Kier alpha value is -1.57. The molecule has 0 bridgehead atoms. The van der Waals surface area contributed by atoms with Crippen molar-refractivity contribution in [2.24, 2.45) is 5.10 Å².